The maximum Gasteiger partial charge on any atom is 0.258 e. The second kappa shape index (κ2) is 22.8. The molecule has 0 spiro atoms. The molecule has 1 fully saturated rings. The minimum Gasteiger partial charge on any atom is -0.508 e. The highest BCUT2D eigenvalue weighted by Gasteiger charge is 2.26. The number of likely N-dealkylation sites (N-methyl/N-ethyl adjacent to an activating group) is 2. The number of carbonyl (C=O) groups is 2. The highest BCUT2D eigenvalue weighted by Crippen LogP contribution is 2.33. The molecule has 15 nitrogen and oxygen atoms in total. The maximum atomic E-state index is 13.4. The van der Waals surface area contributed by atoms with Crippen molar-refractivity contribution in [1.82, 2.24) is 29.0 Å². The summed E-state index contributed by atoms with van der Waals surface area (Å²) >= 11 is 0. The molecule has 3 aliphatic heterocycles. The molecule has 1 saturated heterocycles. The van der Waals surface area contributed by atoms with Crippen molar-refractivity contribution in [3.63, 3.8) is 0 Å². The minimum absolute atomic E-state index is 0.0131. The van der Waals surface area contributed by atoms with E-state index in [0.29, 0.717) is 60.0 Å². The number of pyridine rings is 2. The number of ether oxygens (including phenoxy) is 3. The Morgan fingerprint density at radius 3 is 1.72 bits per heavy atom. The van der Waals surface area contributed by atoms with Crippen LogP contribution in [0.1, 0.15) is 69.1 Å². The Labute approximate surface area is 427 Å². The van der Waals surface area contributed by atoms with Crippen molar-refractivity contribution in [3.05, 3.63) is 170 Å². The standard InChI is InChI=1S/C25H26FN3O3.C23H26N2O4.C10H9NO2/c1-28-11-7-17-3-5-20(16-22(17)25(28)30)31-14-2-10-29-12-8-18(9-13-29)24-21-6-4-19(26)15-23(21)32-27-24;1-24-10-8-16-4-6-18(14-20(16)22(24)26)28-12-3-13-29-19-7-5-17-9-11-25(2)23(27)21(17)15-19;1-11-5-4-7-2-3-8(12)6-9(7)10(11)13/h3-7,11,15-16,18H,2,8-10,12-14H2,1H3;4-7,14-15H,3,8-13H2,1-2H3;2-6,12H,1H3. The Bertz CT molecular complexity index is 3370. The molecule has 3 aliphatic rings. The van der Waals surface area contributed by atoms with E-state index in [1.807, 2.05) is 80.8 Å². The summed E-state index contributed by atoms with van der Waals surface area (Å²) in [7, 11) is 7.08. The number of phenols is 1. The topological polar surface area (TPSA) is 162 Å². The summed E-state index contributed by atoms with van der Waals surface area (Å²) in [5.74, 6) is 2.40. The van der Waals surface area contributed by atoms with E-state index in [0.717, 1.165) is 115 Å². The number of phenolic OH excluding ortho intramolecular Hbond substituents is 1. The number of likely N-dealkylation sites (tertiary alicyclic amines) is 1. The van der Waals surface area contributed by atoms with Crippen molar-refractivity contribution in [3.8, 4) is 23.0 Å². The molecule has 0 aliphatic carbocycles. The molecule has 0 radical (unpaired) electrons. The molecule has 0 bridgehead atoms. The van der Waals surface area contributed by atoms with E-state index >= 15 is 0 Å². The predicted octanol–water partition coefficient (Wildman–Crippen LogP) is 8.50. The molecule has 6 heterocycles. The number of hydrogen-bond donors (Lipinski definition) is 1. The first-order valence-electron chi connectivity index (χ1n) is 25.1. The molecular weight excluding hydrogens is 944 g/mol. The molecule has 5 aromatic carbocycles. The van der Waals surface area contributed by atoms with Gasteiger partial charge >= 0.3 is 0 Å². The number of hydrogen-bond acceptors (Lipinski definition) is 11. The van der Waals surface area contributed by atoms with Gasteiger partial charge in [0.05, 0.1) is 36.3 Å². The van der Waals surface area contributed by atoms with Gasteiger partial charge in [-0.1, -0.05) is 29.4 Å². The van der Waals surface area contributed by atoms with Crippen molar-refractivity contribution in [2.75, 3.05) is 66.6 Å². The van der Waals surface area contributed by atoms with Crippen LogP contribution in [0.3, 0.4) is 0 Å². The number of carbonyl (C=O) groups excluding carboxylic acids is 2. The second-order valence-corrected chi connectivity index (χ2v) is 19.2. The zero-order valence-electron chi connectivity index (χ0n) is 42.2. The lowest BCUT2D eigenvalue weighted by Crippen LogP contribution is -2.34. The molecule has 11 rings (SSSR count). The van der Waals surface area contributed by atoms with Gasteiger partial charge in [0, 0.05) is 95.1 Å². The summed E-state index contributed by atoms with van der Waals surface area (Å²) in [6.45, 7) is 6.07. The molecule has 1 N–H and O–H groups in total. The number of aryl methyl sites for hydroxylation is 2. The fourth-order valence-corrected chi connectivity index (χ4v) is 9.62. The summed E-state index contributed by atoms with van der Waals surface area (Å²) in [6.07, 6.45) is 8.88. The summed E-state index contributed by atoms with van der Waals surface area (Å²) in [5, 5.41) is 17.3. The smallest absolute Gasteiger partial charge is 0.258 e. The van der Waals surface area contributed by atoms with E-state index in [1.54, 1.807) is 59.1 Å². The van der Waals surface area contributed by atoms with Crippen molar-refractivity contribution in [1.29, 1.82) is 0 Å². The van der Waals surface area contributed by atoms with Crippen LogP contribution >= 0.6 is 0 Å². The third-order valence-corrected chi connectivity index (χ3v) is 14.0. The lowest BCUT2D eigenvalue weighted by atomic mass is 9.91. The first kappa shape index (κ1) is 50.9. The molecule has 16 heteroatoms. The number of piperidine rings is 1. The van der Waals surface area contributed by atoms with E-state index < -0.39 is 0 Å². The molecular formula is C58H61FN6O9. The fraction of sp³-hybridized carbons (Fsp3) is 0.328. The van der Waals surface area contributed by atoms with Crippen LogP contribution < -0.4 is 25.3 Å². The number of fused-ring (bicyclic) bond motifs is 5. The molecule has 2 amide bonds. The van der Waals surface area contributed by atoms with Crippen LogP contribution in [0.15, 0.2) is 130 Å². The number of benzene rings is 5. The fourth-order valence-electron chi connectivity index (χ4n) is 9.62. The summed E-state index contributed by atoms with van der Waals surface area (Å²) < 4.78 is 39.3. The third-order valence-electron chi connectivity index (χ3n) is 14.0. The van der Waals surface area contributed by atoms with Crippen LogP contribution in [-0.2, 0) is 26.9 Å². The monoisotopic (exact) mass is 1000 g/mol. The Hall–Kier alpha value is -7.98. The quantitative estimate of drug-likeness (QED) is 0.117. The molecule has 384 valence electrons. The second-order valence-electron chi connectivity index (χ2n) is 19.2. The van der Waals surface area contributed by atoms with Gasteiger partial charge in [-0.15, -0.1) is 0 Å². The van der Waals surface area contributed by atoms with Gasteiger partial charge in [-0.3, -0.25) is 19.2 Å². The Balaban J connectivity index is 0.000000147. The Morgan fingerprint density at radius 2 is 1.12 bits per heavy atom. The summed E-state index contributed by atoms with van der Waals surface area (Å²) in [4.78, 5) is 54.3. The van der Waals surface area contributed by atoms with E-state index in [1.165, 1.54) is 22.8 Å². The largest absolute Gasteiger partial charge is 0.508 e. The molecule has 3 aromatic heterocycles. The van der Waals surface area contributed by atoms with Gasteiger partial charge in [0.2, 0.25) is 0 Å². The first-order chi connectivity index (χ1) is 35.8. The maximum absolute atomic E-state index is 13.4. The number of aromatic hydroxyl groups is 1. The zero-order chi connectivity index (χ0) is 51.9. The Morgan fingerprint density at radius 1 is 0.595 bits per heavy atom. The molecule has 8 aromatic rings. The summed E-state index contributed by atoms with van der Waals surface area (Å²) in [5.41, 5.74) is 4.99. The third kappa shape index (κ3) is 11.8. The highest BCUT2D eigenvalue weighted by atomic mass is 19.1. The van der Waals surface area contributed by atoms with Crippen molar-refractivity contribution in [2.24, 2.45) is 14.1 Å². The number of halogens is 1. The molecule has 0 atom stereocenters. The van der Waals surface area contributed by atoms with Crippen LogP contribution in [-0.4, -0.2) is 113 Å². The lowest BCUT2D eigenvalue weighted by Gasteiger charge is -2.31. The molecule has 0 saturated carbocycles. The summed E-state index contributed by atoms with van der Waals surface area (Å²) in [6, 6.07) is 30.3. The zero-order valence-corrected chi connectivity index (χ0v) is 42.2. The van der Waals surface area contributed by atoms with Crippen LogP contribution in [0.2, 0.25) is 0 Å². The van der Waals surface area contributed by atoms with E-state index in [-0.39, 0.29) is 34.5 Å². The van der Waals surface area contributed by atoms with Crippen molar-refractivity contribution < 1.29 is 37.8 Å². The first-order valence-corrected chi connectivity index (χ1v) is 25.1. The van der Waals surface area contributed by atoms with Gasteiger partial charge in [0.15, 0.2) is 5.58 Å². The lowest BCUT2D eigenvalue weighted by molar-refractivity contribution is 0.0773. The van der Waals surface area contributed by atoms with Crippen LogP contribution in [0.5, 0.6) is 23.0 Å². The van der Waals surface area contributed by atoms with Gasteiger partial charge in [-0.25, -0.2) is 4.39 Å². The van der Waals surface area contributed by atoms with Crippen LogP contribution in [0, 0.1) is 5.82 Å². The number of amides is 2. The average Bonchev–Trinajstić information content (AvgIpc) is 3.83. The van der Waals surface area contributed by atoms with E-state index in [4.69, 9.17) is 18.7 Å². The number of aromatic nitrogens is 3. The van der Waals surface area contributed by atoms with Gasteiger partial charge < -0.3 is 47.7 Å². The van der Waals surface area contributed by atoms with Crippen LogP contribution in [0.25, 0.3) is 32.5 Å². The van der Waals surface area contributed by atoms with Gasteiger partial charge in [0.25, 0.3) is 22.9 Å². The predicted molar refractivity (Wildman–Crippen MR) is 282 cm³/mol. The van der Waals surface area contributed by atoms with Gasteiger partial charge in [-0.05, 0) is 140 Å². The SMILES string of the molecule is CN1CCc2ccc(OCCCOc3ccc4c(c3)C(=O)N(C)CC4)cc2C1=O.Cn1ccc2ccc(O)cc2c1=O.Cn1ccc2ccc(OCCCN3CCC(c4noc5cc(F)ccc45)CC3)cc2c1=O. The normalized spacial score (nSPS) is 14.8. The van der Waals surface area contributed by atoms with Crippen LogP contribution in [0.4, 0.5) is 4.39 Å². The van der Waals surface area contributed by atoms with E-state index in [2.05, 4.69) is 10.1 Å². The van der Waals surface area contributed by atoms with Gasteiger partial charge in [0.1, 0.15) is 28.8 Å². The molecule has 0 unspecified atom stereocenters. The number of nitrogens with zero attached hydrogens (tertiary/aromatic N) is 6. The van der Waals surface area contributed by atoms with Crippen molar-refractivity contribution in [2.45, 2.75) is 44.4 Å². The molecule has 74 heavy (non-hydrogen) atoms. The minimum atomic E-state index is -0.302. The van der Waals surface area contributed by atoms with E-state index in [9.17, 15) is 28.7 Å². The van der Waals surface area contributed by atoms with Gasteiger partial charge in [-0.2, -0.15) is 0 Å². The average molecular weight is 1010 g/mol. The number of rotatable bonds is 12. The Kier molecular flexibility index (Phi) is 15.7. The van der Waals surface area contributed by atoms with Crippen molar-refractivity contribution >= 4 is 44.3 Å². The highest BCUT2D eigenvalue weighted by molar-refractivity contribution is 5.97.